The van der Waals surface area contributed by atoms with E-state index >= 15 is 0 Å². The molecular weight excluding hydrogens is 336 g/mol. The predicted molar refractivity (Wildman–Crippen MR) is 111 cm³/mol. The zero-order chi connectivity index (χ0) is 20.0. The highest BCUT2D eigenvalue weighted by atomic mass is 16.2. The van der Waals surface area contributed by atoms with E-state index in [0.29, 0.717) is 23.6 Å². The highest BCUT2D eigenvalue weighted by molar-refractivity contribution is 6.05. The molecule has 0 heterocycles. The predicted octanol–water partition coefficient (Wildman–Crippen LogP) is 5.01. The average molecular weight is 367 g/mol. The molecule has 144 valence electrons. The van der Waals surface area contributed by atoms with Crippen LogP contribution in [0.5, 0.6) is 0 Å². The third-order valence-corrected chi connectivity index (χ3v) is 4.40. The lowest BCUT2D eigenvalue weighted by molar-refractivity contribution is 0.0950. The summed E-state index contributed by atoms with van der Waals surface area (Å²) >= 11 is 0. The fraction of sp³-hybridized carbons (Fsp3) is 0.391. The standard InChI is InChI=1S/C23H30N2O2/c1-16(2)14-15-24-21(26)17-10-12-18(13-11-17)22(27)25-20-9-7-6-8-19(20)23(3,4)5/h6-13,16H,14-15H2,1-5H3,(H,24,26)(H,25,27). The SMILES string of the molecule is CC(C)CCNC(=O)c1ccc(C(=O)Nc2ccccc2C(C)(C)C)cc1. The van der Waals surface area contributed by atoms with Crippen LogP contribution < -0.4 is 10.6 Å². The maximum Gasteiger partial charge on any atom is 0.255 e. The Balaban J connectivity index is 2.05. The Kier molecular flexibility index (Phi) is 6.78. The summed E-state index contributed by atoms with van der Waals surface area (Å²) in [5.74, 6) is 0.256. The maximum atomic E-state index is 12.6. The van der Waals surface area contributed by atoms with Crippen LogP contribution in [0.2, 0.25) is 0 Å². The summed E-state index contributed by atoms with van der Waals surface area (Å²) in [4.78, 5) is 24.8. The molecule has 0 fully saturated rings. The smallest absolute Gasteiger partial charge is 0.255 e. The summed E-state index contributed by atoms with van der Waals surface area (Å²) in [5.41, 5.74) is 2.91. The number of anilines is 1. The minimum Gasteiger partial charge on any atom is -0.352 e. The van der Waals surface area contributed by atoms with E-state index in [0.717, 1.165) is 17.7 Å². The molecule has 2 aromatic rings. The lowest BCUT2D eigenvalue weighted by atomic mass is 9.86. The number of hydrogen-bond acceptors (Lipinski definition) is 2. The Morgan fingerprint density at radius 3 is 2.00 bits per heavy atom. The highest BCUT2D eigenvalue weighted by Gasteiger charge is 2.19. The van der Waals surface area contributed by atoms with Crippen molar-refractivity contribution in [3.05, 3.63) is 65.2 Å². The molecule has 0 atom stereocenters. The van der Waals surface area contributed by atoms with Crippen LogP contribution in [0, 0.1) is 5.92 Å². The lowest BCUT2D eigenvalue weighted by Crippen LogP contribution is -2.25. The first-order valence-electron chi connectivity index (χ1n) is 9.47. The fourth-order valence-electron chi connectivity index (χ4n) is 2.79. The average Bonchev–Trinajstić information content (AvgIpc) is 2.61. The summed E-state index contributed by atoms with van der Waals surface area (Å²) < 4.78 is 0. The molecule has 0 aromatic heterocycles. The van der Waals surface area contributed by atoms with Gasteiger partial charge in [-0.1, -0.05) is 52.8 Å². The third kappa shape index (κ3) is 5.95. The summed E-state index contributed by atoms with van der Waals surface area (Å²) in [6, 6.07) is 14.6. The normalized spacial score (nSPS) is 11.3. The van der Waals surface area contributed by atoms with Gasteiger partial charge in [-0.3, -0.25) is 9.59 Å². The minimum absolute atomic E-state index is 0.0677. The molecule has 2 N–H and O–H groups in total. The molecule has 0 unspecified atom stereocenters. The van der Waals surface area contributed by atoms with Gasteiger partial charge in [-0.2, -0.15) is 0 Å². The lowest BCUT2D eigenvalue weighted by Gasteiger charge is -2.23. The summed E-state index contributed by atoms with van der Waals surface area (Å²) in [7, 11) is 0. The van der Waals surface area contributed by atoms with E-state index < -0.39 is 0 Å². The van der Waals surface area contributed by atoms with Crippen molar-refractivity contribution in [1.82, 2.24) is 5.32 Å². The first-order chi connectivity index (χ1) is 12.7. The quantitative estimate of drug-likeness (QED) is 0.755. The number of hydrogen-bond donors (Lipinski definition) is 2. The van der Waals surface area contributed by atoms with Gasteiger partial charge in [0.2, 0.25) is 0 Å². The summed E-state index contributed by atoms with van der Waals surface area (Å²) in [6.45, 7) is 11.2. The van der Waals surface area contributed by atoms with Gasteiger partial charge in [-0.05, 0) is 53.6 Å². The molecule has 4 heteroatoms. The molecule has 0 aliphatic rings. The van der Waals surface area contributed by atoms with Crippen LogP contribution in [-0.4, -0.2) is 18.4 Å². The van der Waals surface area contributed by atoms with Crippen molar-refractivity contribution in [2.45, 2.75) is 46.5 Å². The number of carbonyl (C=O) groups is 2. The van der Waals surface area contributed by atoms with Crippen LogP contribution in [-0.2, 0) is 5.41 Å². The molecule has 2 rings (SSSR count). The molecule has 0 saturated heterocycles. The van der Waals surface area contributed by atoms with Crippen molar-refractivity contribution in [2.24, 2.45) is 5.92 Å². The van der Waals surface area contributed by atoms with Crippen molar-refractivity contribution in [3.8, 4) is 0 Å². The molecule has 0 bridgehead atoms. The van der Waals surface area contributed by atoms with Crippen molar-refractivity contribution in [2.75, 3.05) is 11.9 Å². The van der Waals surface area contributed by atoms with E-state index in [1.54, 1.807) is 24.3 Å². The van der Waals surface area contributed by atoms with Crippen LogP contribution in [0.25, 0.3) is 0 Å². The highest BCUT2D eigenvalue weighted by Crippen LogP contribution is 2.29. The molecule has 4 nitrogen and oxygen atoms in total. The van der Waals surface area contributed by atoms with Crippen molar-refractivity contribution in [1.29, 1.82) is 0 Å². The van der Waals surface area contributed by atoms with Crippen LogP contribution >= 0.6 is 0 Å². The number of benzene rings is 2. The van der Waals surface area contributed by atoms with E-state index in [1.165, 1.54) is 0 Å². The van der Waals surface area contributed by atoms with Gasteiger partial charge in [0.05, 0.1) is 0 Å². The molecule has 0 aliphatic carbocycles. The van der Waals surface area contributed by atoms with Crippen LogP contribution in [0.4, 0.5) is 5.69 Å². The molecule has 2 amide bonds. The van der Waals surface area contributed by atoms with Gasteiger partial charge < -0.3 is 10.6 Å². The summed E-state index contributed by atoms with van der Waals surface area (Å²) in [5, 5.41) is 5.89. The van der Waals surface area contributed by atoms with Crippen LogP contribution in [0.15, 0.2) is 48.5 Å². The zero-order valence-corrected chi connectivity index (χ0v) is 16.9. The second-order valence-electron chi connectivity index (χ2n) is 8.27. The number of para-hydroxylation sites is 1. The van der Waals surface area contributed by atoms with E-state index in [2.05, 4.69) is 45.3 Å². The number of carbonyl (C=O) groups excluding carboxylic acids is 2. The van der Waals surface area contributed by atoms with Gasteiger partial charge in [0.25, 0.3) is 11.8 Å². The summed E-state index contributed by atoms with van der Waals surface area (Å²) in [6.07, 6.45) is 0.944. The molecule has 0 radical (unpaired) electrons. The van der Waals surface area contributed by atoms with Crippen LogP contribution in [0.1, 0.15) is 67.3 Å². The van der Waals surface area contributed by atoms with Crippen molar-refractivity contribution >= 4 is 17.5 Å². The van der Waals surface area contributed by atoms with E-state index in [9.17, 15) is 9.59 Å². The van der Waals surface area contributed by atoms with E-state index in [4.69, 9.17) is 0 Å². The minimum atomic E-state index is -0.182. The molecule has 0 saturated carbocycles. The third-order valence-electron chi connectivity index (χ3n) is 4.40. The Morgan fingerprint density at radius 2 is 1.44 bits per heavy atom. The Bertz CT molecular complexity index is 787. The number of amides is 2. The molecule has 2 aromatic carbocycles. The molecule has 0 aliphatic heterocycles. The van der Waals surface area contributed by atoms with E-state index in [-0.39, 0.29) is 17.2 Å². The monoisotopic (exact) mass is 366 g/mol. The maximum absolute atomic E-state index is 12.6. The second kappa shape index (κ2) is 8.85. The second-order valence-corrected chi connectivity index (χ2v) is 8.27. The van der Waals surface area contributed by atoms with Crippen molar-refractivity contribution in [3.63, 3.8) is 0 Å². The molecule has 27 heavy (non-hydrogen) atoms. The Hall–Kier alpha value is -2.62. The molecular formula is C23H30N2O2. The topological polar surface area (TPSA) is 58.2 Å². The number of nitrogens with one attached hydrogen (secondary N) is 2. The Labute approximate surface area is 162 Å². The van der Waals surface area contributed by atoms with Crippen molar-refractivity contribution < 1.29 is 9.59 Å². The van der Waals surface area contributed by atoms with Gasteiger partial charge in [-0.15, -0.1) is 0 Å². The molecule has 0 spiro atoms. The van der Waals surface area contributed by atoms with Gasteiger partial charge in [-0.25, -0.2) is 0 Å². The van der Waals surface area contributed by atoms with Gasteiger partial charge in [0.15, 0.2) is 0 Å². The van der Waals surface area contributed by atoms with Crippen LogP contribution in [0.3, 0.4) is 0 Å². The number of rotatable bonds is 6. The Morgan fingerprint density at radius 1 is 0.889 bits per heavy atom. The van der Waals surface area contributed by atoms with Gasteiger partial charge in [0, 0.05) is 23.4 Å². The first-order valence-corrected chi connectivity index (χ1v) is 9.47. The largest absolute Gasteiger partial charge is 0.352 e. The fourth-order valence-corrected chi connectivity index (χ4v) is 2.79. The first kappa shape index (κ1) is 20.7. The zero-order valence-electron chi connectivity index (χ0n) is 16.9. The van der Waals surface area contributed by atoms with Gasteiger partial charge >= 0.3 is 0 Å². The van der Waals surface area contributed by atoms with Gasteiger partial charge in [0.1, 0.15) is 0 Å². The van der Waals surface area contributed by atoms with E-state index in [1.807, 2.05) is 24.3 Å².